The molecule has 0 saturated carbocycles. The number of rotatable bonds is 4. The van der Waals surface area contributed by atoms with Crippen molar-refractivity contribution in [2.45, 2.75) is 44.7 Å². The van der Waals surface area contributed by atoms with Crippen molar-refractivity contribution in [1.29, 1.82) is 0 Å². The molecule has 1 aliphatic rings. The highest BCUT2D eigenvalue weighted by molar-refractivity contribution is 5.83. The zero-order chi connectivity index (χ0) is 13.7. The monoisotopic (exact) mass is 265 g/mol. The van der Waals surface area contributed by atoms with E-state index in [-0.39, 0.29) is 5.91 Å². The van der Waals surface area contributed by atoms with E-state index in [1.54, 1.807) is 23.1 Å². The Labute approximate surface area is 112 Å². The molecule has 2 rings (SSSR count). The van der Waals surface area contributed by atoms with Gasteiger partial charge in [-0.25, -0.2) is 4.79 Å². The number of aliphatic carboxylic acids is 1. The lowest BCUT2D eigenvalue weighted by Gasteiger charge is -2.27. The maximum Gasteiger partial charge on any atom is 0.326 e. The molecule has 1 N–H and O–H groups in total. The number of carbonyl (C=O) groups excluding carboxylic acids is 1. The molecule has 1 saturated heterocycles. The molecule has 0 radical (unpaired) electrons. The summed E-state index contributed by atoms with van der Waals surface area (Å²) in [7, 11) is 0. The van der Waals surface area contributed by atoms with Crippen molar-refractivity contribution in [3.05, 3.63) is 18.5 Å². The Hall–Kier alpha value is -1.85. The minimum atomic E-state index is -0.894. The minimum Gasteiger partial charge on any atom is -0.480 e. The summed E-state index contributed by atoms with van der Waals surface area (Å²) in [5.41, 5.74) is 0. The van der Waals surface area contributed by atoms with Crippen molar-refractivity contribution < 1.29 is 14.7 Å². The average Bonchev–Trinajstić information content (AvgIpc) is 2.77. The molecule has 1 unspecified atom stereocenters. The Morgan fingerprint density at radius 2 is 2.16 bits per heavy atom. The number of hydrogen-bond donors (Lipinski definition) is 1. The van der Waals surface area contributed by atoms with E-state index in [2.05, 4.69) is 5.10 Å². The van der Waals surface area contributed by atoms with Crippen LogP contribution in [0, 0.1) is 0 Å². The molecule has 0 aromatic carbocycles. The van der Waals surface area contributed by atoms with Crippen molar-refractivity contribution >= 4 is 11.9 Å². The quantitative estimate of drug-likeness (QED) is 0.885. The third-order valence-electron chi connectivity index (χ3n) is 3.47. The molecule has 0 spiro atoms. The number of hydrogen-bond acceptors (Lipinski definition) is 3. The molecule has 0 bridgehead atoms. The van der Waals surface area contributed by atoms with Gasteiger partial charge in [0.2, 0.25) is 5.91 Å². The third-order valence-corrected chi connectivity index (χ3v) is 3.47. The van der Waals surface area contributed by atoms with E-state index >= 15 is 0 Å². The lowest BCUT2D eigenvalue weighted by Crippen LogP contribution is -2.44. The van der Waals surface area contributed by atoms with Crippen molar-refractivity contribution in [3.63, 3.8) is 0 Å². The third kappa shape index (κ3) is 3.56. The molecule has 6 nitrogen and oxygen atoms in total. The van der Waals surface area contributed by atoms with E-state index in [1.807, 2.05) is 0 Å². The molecule has 104 valence electrons. The molecule has 19 heavy (non-hydrogen) atoms. The maximum atomic E-state index is 12.2. The maximum absolute atomic E-state index is 12.2. The van der Waals surface area contributed by atoms with E-state index < -0.39 is 12.0 Å². The summed E-state index contributed by atoms with van der Waals surface area (Å²) >= 11 is 0. The molecule has 2 heterocycles. The second-order valence-corrected chi connectivity index (χ2v) is 4.81. The van der Waals surface area contributed by atoms with Gasteiger partial charge in [-0.2, -0.15) is 5.10 Å². The summed E-state index contributed by atoms with van der Waals surface area (Å²) in [6, 6.07) is 1.14. The van der Waals surface area contributed by atoms with E-state index in [4.69, 9.17) is 0 Å². The van der Waals surface area contributed by atoms with Crippen molar-refractivity contribution in [3.8, 4) is 0 Å². The van der Waals surface area contributed by atoms with Crippen LogP contribution in [0.25, 0.3) is 0 Å². The normalized spacial score (nSPS) is 20.0. The van der Waals surface area contributed by atoms with Gasteiger partial charge in [0.05, 0.1) is 0 Å². The van der Waals surface area contributed by atoms with Crippen LogP contribution in [-0.2, 0) is 16.1 Å². The van der Waals surface area contributed by atoms with Crippen LogP contribution in [0.1, 0.15) is 32.1 Å². The van der Waals surface area contributed by atoms with E-state index in [1.165, 1.54) is 4.90 Å². The van der Waals surface area contributed by atoms with Gasteiger partial charge in [0, 0.05) is 31.9 Å². The summed E-state index contributed by atoms with van der Waals surface area (Å²) in [5, 5.41) is 13.3. The standard InChI is InChI=1S/C13H19N3O3/c17-12(6-10-15-8-4-7-14-15)16-9-3-1-2-5-11(16)13(18)19/h4,7-8,11H,1-3,5-6,9-10H2,(H,18,19). The summed E-state index contributed by atoms with van der Waals surface area (Å²) in [6.07, 6.45) is 7.07. The van der Waals surface area contributed by atoms with Crippen LogP contribution < -0.4 is 0 Å². The first-order valence-electron chi connectivity index (χ1n) is 6.68. The minimum absolute atomic E-state index is 0.0928. The molecule has 1 aliphatic heterocycles. The number of carboxylic acid groups (broad SMARTS) is 1. The van der Waals surface area contributed by atoms with Crippen LogP contribution in [0.3, 0.4) is 0 Å². The van der Waals surface area contributed by atoms with E-state index in [9.17, 15) is 14.7 Å². The molecule has 1 amide bonds. The number of carbonyl (C=O) groups is 2. The number of aryl methyl sites for hydroxylation is 1. The van der Waals surface area contributed by atoms with Gasteiger partial charge in [0.15, 0.2) is 0 Å². The van der Waals surface area contributed by atoms with Crippen molar-refractivity contribution in [2.75, 3.05) is 6.54 Å². The molecule has 1 atom stereocenters. The van der Waals surface area contributed by atoms with Crippen molar-refractivity contribution in [2.24, 2.45) is 0 Å². The average molecular weight is 265 g/mol. The zero-order valence-corrected chi connectivity index (χ0v) is 10.9. The highest BCUT2D eigenvalue weighted by Crippen LogP contribution is 2.18. The number of nitrogens with zero attached hydrogens (tertiary/aromatic N) is 3. The van der Waals surface area contributed by atoms with Crippen LogP contribution in [-0.4, -0.2) is 44.3 Å². The molecular weight excluding hydrogens is 246 g/mol. The van der Waals surface area contributed by atoms with E-state index in [0.29, 0.717) is 25.9 Å². The number of carboxylic acids is 1. The Balaban J connectivity index is 1.96. The second-order valence-electron chi connectivity index (χ2n) is 4.81. The Morgan fingerprint density at radius 3 is 2.84 bits per heavy atom. The highest BCUT2D eigenvalue weighted by Gasteiger charge is 2.30. The smallest absolute Gasteiger partial charge is 0.326 e. The SMILES string of the molecule is O=C(O)C1CCCCCN1C(=O)CCn1cccn1. The number of likely N-dealkylation sites (tertiary alicyclic amines) is 1. The second kappa shape index (κ2) is 6.36. The van der Waals surface area contributed by atoms with Crippen LogP contribution in [0.5, 0.6) is 0 Å². The lowest BCUT2D eigenvalue weighted by molar-refractivity contribution is -0.150. The van der Waals surface area contributed by atoms with Gasteiger partial charge < -0.3 is 10.0 Å². The van der Waals surface area contributed by atoms with Gasteiger partial charge in [-0.15, -0.1) is 0 Å². The highest BCUT2D eigenvalue weighted by atomic mass is 16.4. The predicted molar refractivity (Wildman–Crippen MR) is 68.4 cm³/mol. The van der Waals surface area contributed by atoms with Crippen LogP contribution in [0.15, 0.2) is 18.5 Å². The molecular formula is C13H19N3O3. The molecule has 6 heteroatoms. The molecule has 1 aromatic rings. The summed E-state index contributed by atoms with van der Waals surface area (Å²) in [6.45, 7) is 1.05. The molecule has 1 aromatic heterocycles. The Kier molecular flexibility index (Phi) is 4.54. The van der Waals surface area contributed by atoms with Gasteiger partial charge in [-0.1, -0.05) is 12.8 Å². The molecule has 0 aliphatic carbocycles. The number of amides is 1. The molecule has 1 fully saturated rings. The zero-order valence-electron chi connectivity index (χ0n) is 10.9. The summed E-state index contributed by atoms with van der Waals surface area (Å²) < 4.78 is 1.69. The largest absolute Gasteiger partial charge is 0.480 e. The topological polar surface area (TPSA) is 75.4 Å². The predicted octanol–water partition coefficient (Wildman–Crippen LogP) is 1.13. The fourth-order valence-electron chi connectivity index (χ4n) is 2.45. The first kappa shape index (κ1) is 13.6. The van der Waals surface area contributed by atoms with Crippen molar-refractivity contribution in [1.82, 2.24) is 14.7 Å². The Morgan fingerprint density at radius 1 is 1.32 bits per heavy atom. The van der Waals surface area contributed by atoms with Gasteiger partial charge in [-0.05, 0) is 18.9 Å². The first-order valence-corrected chi connectivity index (χ1v) is 6.68. The van der Waals surface area contributed by atoms with Crippen LogP contribution in [0.4, 0.5) is 0 Å². The fourth-order valence-corrected chi connectivity index (χ4v) is 2.45. The van der Waals surface area contributed by atoms with Crippen LogP contribution in [0.2, 0.25) is 0 Å². The summed E-state index contributed by atoms with van der Waals surface area (Å²) in [5.74, 6) is -0.987. The lowest BCUT2D eigenvalue weighted by atomic mass is 10.1. The van der Waals surface area contributed by atoms with Gasteiger partial charge in [-0.3, -0.25) is 9.48 Å². The van der Waals surface area contributed by atoms with Gasteiger partial charge in [0.1, 0.15) is 6.04 Å². The Bertz CT molecular complexity index is 430. The summed E-state index contributed by atoms with van der Waals surface area (Å²) in [4.78, 5) is 25.0. The first-order chi connectivity index (χ1) is 9.18. The van der Waals surface area contributed by atoms with E-state index in [0.717, 1.165) is 19.3 Å². The van der Waals surface area contributed by atoms with Gasteiger partial charge >= 0.3 is 5.97 Å². The van der Waals surface area contributed by atoms with Crippen LogP contribution >= 0.6 is 0 Å². The van der Waals surface area contributed by atoms with Gasteiger partial charge in [0.25, 0.3) is 0 Å². The fraction of sp³-hybridized carbons (Fsp3) is 0.615. The number of aromatic nitrogens is 2.